The van der Waals surface area contributed by atoms with E-state index in [1.54, 1.807) is 55.5 Å². The van der Waals surface area contributed by atoms with Crippen LogP contribution in [0, 0.1) is 0 Å². The van der Waals surface area contributed by atoms with Gasteiger partial charge in [0, 0.05) is 17.6 Å². The molecule has 8 heteroatoms. The van der Waals surface area contributed by atoms with Gasteiger partial charge in [-0.15, -0.1) is 0 Å². The molecular formula is C24H22ClN3O4. The van der Waals surface area contributed by atoms with Crippen molar-refractivity contribution in [1.82, 2.24) is 15.1 Å². The SMILES string of the molecule is COc1ccc(CCNC(=O)c2cc(-c3ccco3)nn2-c2ccc(Cl)cc2)cc1OC. The van der Waals surface area contributed by atoms with Gasteiger partial charge in [-0.25, -0.2) is 4.68 Å². The molecule has 0 fully saturated rings. The molecule has 0 saturated heterocycles. The summed E-state index contributed by atoms with van der Waals surface area (Å²) in [4.78, 5) is 13.0. The minimum atomic E-state index is -0.245. The Bertz CT molecular complexity index is 1200. The molecule has 32 heavy (non-hydrogen) atoms. The van der Waals surface area contributed by atoms with E-state index in [-0.39, 0.29) is 5.91 Å². The van der Waals surface area contributed by atoms with Crippen LogP contribution in [-0.4, -0.2) is 36.5 Å². The second-order valence-electron chi connectivity index (χ2n) is 6.98. The number of nitrogens with zero attached hydrogens (tertiary/aromatic N) is 2. The summed E-state index contributed by atoms with van der Waals surface area (Å²) in [5.41, 5.74) is 2.70. The number of furan rings is 1. The average molecular weight is 452 g/mol. The monoisotopic (exact) mass is 451 g/mol. The first-order chi connectivity index (χ1) is 15.6. The van der Waals surface area contributed by atoms with Gasteiger partial charge < -0.3 is 19.2 Å². The molecule has 7 nitrogen and oxygen atoms in total. The Labute approximate surface area is 190 Å². The summed E-state index contributed by atoms with van der Waals surface area (Å²) in [6.45, 7) is 0.441. The second kappa shape index (κ2) is 9.62. The van der Waals surface area contributed by atoms with Gasteiger partial charge in [0.05, 0.1) is 26.2 Å². The highest BCUT2D eigenvalue weighted by Crippen LogP contribution is 2.27. The quantitative estimate of drug-likeness (QED) is 0.417. The average Bonchev–Trinajstić information content (AvgIpc) is 3.49. The summed E-state index contributed by atoms with van der Waals surface area (Å²) >= 11 is 6.01. The third-order valence-electron chi connectivity index (χ3n) is 4.93. The number of carbonyl (C=O) groups excluding carboxylic acids is 1. The van der Waals surface area contributed by atoms with Crippen molar-refractivity contribution in [3.63, 3.8) is 0 Å². The van der Waals surface area contributed by atoms with E-state index in [2.05, 4.69) is 10.4 Å². The van der Waals surface area contributed by atoms with Gasteiger partial charge in [-0.2, -0.15) is 5.10 Å². The predicted molar refractivity (Wildman–Crippen MR) is 122 cm³/mol. The number of nitrogens with one attached hydrogen (secondary N) is 1. The number of hydrogen-bond acceptors (Lipinski definition) is 5. The lowest BCUT2D eigenvalue weighted by Crippen LogP contribution is -2.27. The van der Waals surface area contributed by atoms with E-state index in [1.807, 2.05) is 30.3 Å². The van der Waals surface area contributed by atoms with Gasteiger partial charge in [-0.1, -0.05) is 17.7 Å². The minimum absolute atomic E-state index is 0.245. The molecule has 0 spiro atoms. The fourth-order valence-electron chi connectivity index (χ4n) is 3.31. The molecule has 1 amide bonds. The van der Waals surface area contributed by atoms with Crippen molar-refractivity contribution < 1.29 is 18.7 Å². The Hall–Kier alpha value is -3.71. The zero-order valence-corrected chi connectivity index (χ0v) is 18.4. The van der Waals surface area contributed by atoms with Crippen molar-refractivity contribution >= 4 is 17.5 Å². The van der Waals surface area contributed by atoms with Gasteiger partial charge >= 0.3 is 0 Å². The van der Waals surface area contributed by atoms with Crippen molar-refractivity contribution in [2.45, 2.75) is 6.42 Å². The van der Waals surface area contributed by atoms with Crippen LogP contribution in [0.1, 0.15) is 16.1 Å². The summed E-state index contributed by atoms with van der Waals surface area (Å²) in [5, 5.41) is 8.14. The first kappa shape index (κ1) is 21.5. The first-order valence-electron chi connectivity index (χ1n) is 9.98. The first-order valence-corrected chi connectivity index (χ1v) is 10.4. The third-order valence-corrected chi connectivity index (χ3v) is 5.19. The zero-order chi connectivity index (χ0) is 22.5. The number of halogens is 1. The molecule has 0 aliphatic rings. The third kappa shape index (κ3) is 4.63. The molecule has 0 radical (unpaired) electrons. The van der Waals surface area contributed by atoms with E-state index < -0.39 is 0 Å². The van der Waals surface area contributed by atoms with Crippen molar-refractivity contribution in [3.8, 4) is 28.6 Å². The molecule has 0 unspecified atom stereocenters. The lowest BCUT2D eigenvalue weighted by molar-refractivity contribution is 0.0946. The van der Waals surface area contributed by atoms with Crippen LogP contribution < -0.4 is 14.8 Å². The van der Waals surface area contributed by atoms with Crippen LogP contribution in [0.5, 0.6) is 11.5 Å². The number of benzene rings is 2. The normalized spacial score (nSPS) is 10.7. The van der Waals surface area contributed by atoms with Crippen LogP contribution >= 0.6 is 11.6 Å². The molecule has 4 aromatic rings. The van der Waals surface area contributed by atoms with Crippen LogP contribution in [0.3, 0.4) is 0 Å². The Kier molecular flexibility index (Phi) is 6.47. The smallest absolute Gasteiger partial charge is 0.270 e. The van der Waals surface area contributed by atoms with Crippen molar-refractivity contribution in [2.24, 2.45) is 0 Å². The van der Waals surface area contributed by atoms with Gasteiger partial charge in [-0.3, -0.25) is 4.79 Å². The molecule has 0 saturated carbocycles. The van der Waals surface area contributed by atoms with Crippen LogP contribution in [0.4, 0.5) is 0 Å². The number of ether oxygens (including phenoxy) is 2. The van der Waals surface area contributed by atoms with Crippen molar-refractivity contribution in [1.29, 1.82) is 0 Å². The number of hydrogen-bond donors (Lipinski definition) is 1. The molecule has 2 heterocycles. The fraction of sp³-hybridized carbons (Fsp3) is 0.167. The Balaban J connectivity index is 1.53. The topological polar surface area (TPSA) is 78.5 Å². The summed E-state index contributed by atoms with van der Waals surface area (Å²) in [5.74, 6) is 1.65. The summed E-state index contributed by atoms with van der Waals surface area (Å²) < 4.78 is 17.6. The predicted octanol–water partition coefficient (Wildman–Crippen LogP) is 4.78. The number of amides is 1. The van der Waals surface area contributed by atoms with Gasteiger partial charge in [-0.05, 0) is 60.5 Å². The van der Waals surface area contributed by atoms with Crippen LogP contribution in [0.2, 0.25) is 5.02 Å². The van der Waals surface area contributed by atoms with Crippen LogP contribution in [-0.2, 0) is 6.42 Å². The lowest BCUT2D eigenvalue weighted by atomic mass is 10.1. The van der Waals surface area contributed by atoms with Crippen molar-refractivity contribution in [3.05, 3.63) is 83.2 Å². The van der Waals surface area contributed by atoms with Crippen molar-refractivity contribution in [2.75, 3.05) is 20.8 Å². The largest absolute Gasteiger partial charge is 0.493 e. The maximum atomic E-state index is 13.0. The van der Waals surface area contributed by atoms with Gasteiger partial charge in [0.2, 0.25) is 0 Å². The molecule has 0 aliphatic carbocycles. The van der Waals surface area contributed by atoms with Gasteiger partial charge in [0.1, 0.15) is 11.4 Å². The highest BCUT2D eigenvalue weighted by Gasteiger charge is 2.18. The zero-order valence-electron chi connectivity index (χ0n) is 17.7. The van der Waals surface area contributed by atoms with E-state index in [9.17, 15) is 4.79 Å². The van der Waals surface area contributed by atoms with Gasteiger partial charge in [0.25, 0.3) is 5.91 Å². The number of aromatic nitrogens is 2. The highest BCUT2D eigenvalue weighted by molar-refractivity contribution is 6.30. The van der Waals surface area contributed by atoms with E-state index in [4.69, 9.17) is 25.5 Å². The van der Waals surface area contributed by atoms with Crippen LogP contribution in [0.25, 0.3) is 17.1 Å². The molecule has 2 aromatic carbocycles. The Morgan fingerprint density at radius 1 is 1.06 bits per heavy atom. The Morgan fingerprint density at radius 2 is 1.84 bits per heavy atom. The van der Waals surface area contributed by atoms with Crippen LogP contribution in [0.15, 0.2) is 71.3 Å². The lowest BCUT2D eigenvalue weighted by Gasteiger charge is -2.11. The second-order valence-corrected chi connectivity index (χ2v) is 7.41. The highest BCUT2D eigenvalue weighted by atomic mass is 35.5. The van der Waals surface area contributed by atoms with E-state index >= 15 is 0 Å². The van der Waals surface area contributed by atoms with E-state index in [0.717, 1.165) is 11.3 Å². The number of rotatable bonds is 8. The fourth-order valence-corrected chi connectivity index (χ4v) is 3.44. The maximum absolute atomic E-state index is 13.0. The molecular weight excluding hydrogens is 430 g/mol. The minimum Gasteiger partial charge on any atom is -0.493 e. The molecule has 4 rings (SSSR count). The van der Waals surface area contributed by atoms with E-state index in [1.165, 1.54) is 0 Å². The molecule has 0 atom stereocenters. The Morgan fingerprint density at radius 3 is 2.53 bits per heavy atom. The number of carbonyl (C=O) groups is 1. The molecule has 0 aliphatic heterocycles. The molecule has 2 aromatic heterocycles. The summed E-state index contributed by atoms with van der Waals surface area (Å²) in [6, 6.07) is 18.1. The summed E-state index contributed by atoms with van der Waals surface area (Å²) in [7, 11) is 3.19. The molecule has 1 N–H and O–H groups in total. The molecule has 0 bridgehead atoms. The molecule has 164 valence electrons. The van der Waals surface area contributed by atoms with Gasteiger partial charge in [0.15, 0.2) is 17.3 Å². The maximum Gasteiger partial charge on any atom is 0.270 e. The summed E-state index contributed by atoms with van der Waals surface area (Å²) in [6.07, 6.45) is 2.20. The standard InChI is InChI=1S/C24H22ClN3O4/c1-30-22-10-5-16(14-23(22)31-2)11-12-26-24(29)20-15-19(21-4-3-13-32-21)27-28(20)18-8-6-17(25)7-9-18/h3-10,13-15H,11-12H2,1-2H3,(H,26,29). The number of methoxy groups -OCH3 is 2. The van der Waals surface area contributed by atoms with E-state index in [0.29, 0.717) is 46.6 Å².